The summed E-state index contributed by atoms with van der Waals surface area (Å²) in [5, 5.41) is 10.7. The number of aromatic nitrogens is 3. The molecule has 7 heteroatoms. The Hall–Kier alpha value is -2.02. The summed E-state index contributed by atoms with van der Waals surface area (Å²) in [7, 11) is 0. The number of carbonyl (C=O) groups excluding carboxylic acids is 1. The Morgan fingerprint density at radius 3 is 2.91 bits per heavy atom. The number of carbonyl (C=O) groups is 1. The largest absolute Gasteiger partial charge is 0.471 e. The molecule has 0 unspecified atom stereocenters. The van der Waals surface area contributed by atoms with Crippen LogP contribution in [0.1, 0.15) is 34.0 Å². The molecule has 1 atom stereocenters. The molecule has 1 aliphatic heterocycles. The van der Waals surface area contributed by atoms with Gasteiger partial charge in [-0.25, -0.2) is 4.98 Å². The Bertz CT molecular complexity index is 656. The fraction of sp³-hybridized carbons (Fsp3) is 0.467. The van der Waals surface area contributed by atoms with Crippen molar-refractivity contribution in [3.63, 3.8) is 0 Å². The van der Waals surface area contributed by atoms with E-state index < -0.39 is 0 Å². The van der Waals surface area contributed by atoms with Crippen molar-refractivity contribution in [2.24, 2.45) is 0 Å². The van der Waals surface area contributed by atoms with E-state index in [1.807, 2.05) is 36.3 Å². The molecule has 0 aliphatic carbocycles. The SMILES string of the molecule is Cc1ccc(O[C@H]2CCCN(C(=O)c3csc(C)n3)C2)nn1. The number of aryl methyl sites for hydroxylation is 2. The van der Waals surface area contributed by atoms with Crippen LogP contribution in [-0.2, 0) is 0 Å². The molecule has 3 rings (SSSR count). The van der Waals surface area contributed by atoms with E-state index in [4.69, 9.17) is 4.74 Å². The van der Waals surface area contributed by atoms with Gasteiger partial charge >= 0.3 is 0 Å². The molecule has 6 nitrogen and oxygen atoms in total. The van der Waals surface area contributed by atoms with Crippen molar-refractivity contribution in [1.29, 1.82) is 0 Å². The number of hydrogen-bond donors (Lipinski definition) is 0. The molecule has 2 aromatic heterocycles. The molecule has 1 saturated heterocycles. The Labute approximate surface area is 133 Å². The molecular formula is C15H18N4O2S. The maximum atomic E-state index is 12.4. The molecule has 0 bridgehead atoms. The zero-order chi connectivity index (χ0) is 15.5. The molecule has 0 radical (unpaired) electrons. The number of ether oxygens (including phenoxy) is 1. The van der Waals surface area contributed by atoms with Crippen LogP contribution in [-0.4, -0.2) is 45.2 Å². The Kier molecular flexibility index (Phi) is 4.33. The van der Waals surface area contributed by atoms with E-state index in [0.29, 0.717) is 18.1 Å². The summed E-state index contributed by atoms with van der Waals surface area (Å²) in [6.45, 7) is 5.09. The quantitative estimate of drug-likeness (QED) is 0.868. The van der Waals surface area contributed by atoms with Gasteiger partial charge in [-0.3, -0.25) is 4.79 Å². The van der Waals surface area contributed by atoms with Gasteiger partial charge in [0.2, 0.25) is 5.88 Å². The van der Waals surface area contributed by atoms with Crippen LogP contribution in [0.2, 0.25) is 0 Å². The zero-order valence-electron chi connectivity index (χ0n) is 12.7. The normalized spacial score (nSPS) is 18.3. The summed E-state index contributed by atoms with van der Waals surface area (Å²) in [5.74, 6) is 0.488. The first-order chi connectivity index (χ1) is 10.6. The lowest BCUT2D eigenvalue weighted by Gasteiger charge is -2.32. The first-order valence-electron chi connectivity index (χ1n) is 7.30. The maximum Gasteiger partial charge on any atom is 0.273 e. The minimum atomic E-state index is -0.0468. The van der Waals surface area contributed by atoms with E-state index >= 15 is 0 Å². The second-order valence-electron chi connectivity index (χ2n) is 5.40. The summed E-state index contributed by atoms with van der Waals surface area (Å²) in [5.41, 5.74) is 1.38. The summed E-state index contributed by atoms with van der Waals surface area (Å²) >= 11 is 1.49. The highest BCUT2D eigenvalue weighted by molar-refractivity contribution is 7.09. The van der Waals surface area contributed by atoms with Gasteiger partial charge in [-0.1, -0.05) is 0 Å². The molecule has 0 saturated carbocycles. The fourth-order valence-electron chi connectivity index (χ4n) is 2.46. The molecule has 0 aromatic carbocycles. The minimum Gasteiger partial charge on any atom is -0.471 e. The van der Waals surface area contributed by atoms with Gasteiger partial charge in [-0.15, -0.1) is 16.4 Å². The van der Waals surface area contributed by atoms with Gasteiger partial charge in [0.15, 0.2) is 0 Å². The van der Waals surface area contributed by atoms with Gasteiger partial charge in [0.25, 0.3) is 5.91 Å². The second kappa shape index (κ2) is 6.39. The molecule has 116 valence electrons. The van der Waals surface area contributed by atoms with Crippen molar-refractivity contribution >= 4 is 17.2 Å². The van der Waals surface area contributed by atoms with Crippen molar-refractivity contribution in [2.75, 3.05) is 13.1 Å². The molecule has 1 fully saturated rings. The minimum absolute atomic E-state index is 0.0207. The summed E-state index contributed by atoms with van der Waals surface area (Å²) in [6.07, 6.45) is 1.78. The van der Waals surface area contributed by atoms with E-state index in [1.165, 1.54) is 11.3 Å². The highest BCUT2D eigenvalue weighted by Gasteiger charge is 2.27. The molecule has 22 heavy (non-hydrogen) atoms. The van der Waals surface area contributed by atoms with Crippen LogP contribution in [0.4, 0.5) is 0 Å². The van der Waals surface area contributed by atoms with Gasteiger partial charge in [0, 0.05) is 18.0 Å². The maximum absolute atomic E-state index is 12.4. The van der Waals surface area contributed by atoms with E-state index in [9.17, 15) is 4.79 Å². The lowest BCUT2D eigenvalue weighted by Crippen LogP contribution is -2.44. The van der Waals surface area contributed by atoms with Gasteiger partial charge in [0.1, 0.15) is 11.8 Å². The second-order valence-corrected chi connectivity index (χ2v) is 6.46. The van der Waals surface area contributed by atoms with Crippen LogP contribution in [0, 0.1) is 13.8 Å². The van der Waals surface area contributed by atoms with E-state index in [1.54, 1.807) is 0 Å². The van der Waals surface area contributed by atoms with Gasteiger partial charge in [-0.2, -0.15) is 5.10 Å². The highest BCUT2D eigenvalue weighted by atomic mass is 32.1. The third-order valence-corrected chi connectivity index (χ3v) is 4.34. The number of amides is 1. The third-order valence-electron chi connectivity index (χ3n) is 3.56. The first-order valence-corrected chi connectivity index (χ1v) is 8.18. The Morgan fingerprint density at radius 2 is 2.23 bits per heavy atom. The molecule has 1 aliphatic rings. The number of likely N-dealkylation sites (tertiary alicyclic amines) is 1. The smallest absolute Gasteiger partial charge is 0.273 e. The average Bonchev–Trinajstić information content (AvgIpc) is 2.96. The van der Waals surface area contributed by atoms with Crippen molar-refractivity contribution in [3.05, 3.63) is 33.9 Å². The van der Waals surface area contributed by atoms with Gasteiger partial charge < -0.3 is 9.64 Å². The van der Waals surface area contributed by atoms with Gasteiger partial charge in [-0.05, 0) is 32.8 Å². The van der Waals surface area contributed by atoms with Crippen molar-refractivity contribution in [1.82, 2.24) is 20.1 Å². The van der Waals surface area contributed by atoms with Crippen LogP contribution in [0.3, 0.4) is 0 Å². The van der Waals surface area contributed by atoms with E-state index in [-0.39, 0.29) is 12.0 Å². The van der Waals surface area contributed by atoms with Crippen LogP contribution >= 0.6 is 11.3 Å². The van der Waals surface area contributed by atoms with Crippen LogP contribution < -0.4 is 4.74 Å². The Balaban J connectivity index is 1.63. The summed E-state index contributed by atoms with van der Waals surface area (Å²) in [6, 6.07) is 3.68. The lowest BCUT2D eigenvalue weighted by molar-refractivity contribution is 0.0521. The molecular weight excluding hydrogens is 300 g/mol. The first kappa shape index (κ1) is 14.9. The van der Waals surface area contributed by atoms with E-state index in [0.717, 1.165) is 30.1 Å². The predicted molar refractivity (Wildman–Crippen MR) is 83.2 cm³/mol. The number of piperidine rings is 1. The van der Waals surface area contributed by atoms with Crippen molar-refractivity contribution in [2.45, 2.75) is 32.8 Å². The van der Waals surface area contributed by atoms with Crippen molar-refractivity contribution in [3.8, 4) is 5.88 Å². The van der Waals surface area contributed by atoms with Crippen LogP contribution in [0.5, 0.6) is 5.88 Å². The standard InChI is InChI=1S/C15H18N4O2S/c1-10-5-6-14(18-17-10)21-12-4-3-7-19(8-12)15(20)13-9-22-11(2)16-13/h5-6,9,12H,3-4,7-8H2,1-2H3/t12-/m0/s1. The Morgan fingerprint density at radius 1 is 1.36 bits per heavy atom. The fourth-order valence-corrected chi connectivity index (χ4v) is 3.05. The number of thiazole rings is 1. The topological polar surface area (TPSA) is 68.2 Å². The molecule has 2 aromatic rings. The van der Waals surface area contributed by atoms with Crippen LogP contribution in [0.15, 0.2) is 17.5 Å². The van der Waals surface area contributed by atoms with Crippen LogP contribution in [0.25, 0.3) is 0 Å². The third kappa shape index (κ3) is 3.41. The highest BCUT2D eigenvalue weighted by Crippen LogP contribution is 2.19. The lowest BCUT2D eigenvalue weighted by atomic mass is 10.1. The molecule has 0 spiro atoms. The number of rotatable bonds is 3. The predicted octanol–water partition coefficient (Wildman–Crippen LogP) is 2.23. The molecule has 3 heterocycles. The van der Waals surface area contributed by atoms with Crippen molar-refractivity contribution < 1.29 is 9.53 Å². The monoisotopic (exact) mass is 318 g/mol. The van der Waals surface area contributed by atoms with E-state index in [2.05, 4.69) is 15.2 Å². The molecule has 0 N–H and O–H groups in total. The number of hydrogen-bond acceptors (Lipinski definition) is 6. The number of nitrogens with zero attached hydrogens (tertiary/aromatic N) is 4. The summed E-state index contributed by atoms with van der Waals surface area (Å²) in [4.78, 5) is 18.5. The summed E-state index contributed by atoms with van der Waals surface area (Å²) < 4.78 is 5.85. The molecule has 1 amide bonds. The average molecular weight is 318 g/mol. The zero-order valence-corrected chi connectivity index (χ0v) is 13.5. The van der Waals surface area contributed by atoms with Gasteiger partial charge in [0.05, 0.1) is 17.2 Å².